The second-order valence-corrected chi connectivity index (χ2v) is 8.00. The zero-order chi connectivity index (χ0) is 16.2. The maximum atomic E-state index is 12.4. The lowest BCUT2D eigenvalue weighted by molar-refractivity contribution is -0.126. The van der Waals surface area contributed by atoms with Crippen LogP contribution in [0.5, 0.6) is 0 Å². The molecule has 0 unspecified atom stereocenters. The molecule has 0 bridgehead atoms. The highest BCUT2D eigenvalue weighted by molar-refractivity contribution is 7.89. The van der Waals surface area contributed by atoms with Gasteiger partial charge in [-0.15, -0.1) is 0 Å². The number of piperidine rings is 1. The van der Waals surface area contributed by atoms with Crippen molar-refractivity contribution in [1.29, 1.82) is 0 Å². The topological polar surface area (TPSA) is 66.5 Å². The van der Waals surface area contributed by atoms with Crippen molar-refractivity contribution in [3.63, 3.8) is 0 Å². The molecular formula is C16H24N2O3S. The van der Waals surface area contributed by atoms with E-state index in [1.807, 2.05) is 37.3 Å². The molecule has 22 heavy (non-hydrogen) atoms. The summed E-state index contributed by atoms with van der Waals surface area (Å²) >= 11 is 0. The molecule has 6 heteroatoms. The van der Waals surface area contributed by atoms with Crippen LogP contribution in [0, 0.1) is 5.92 Å². The lowest BCUT2D eigenvalue weighted by Gasteiger charge is -2.31. The fourth-order valence-electron chi connectivity index (χ4n) is 2.75. The summed E-state index contributed by atoms with van der Waals surface area (Å²) in [5.41, 5.74) is 1.05. The molecule has 1 heterocycles. The molecule has 1 aromatic carbocycles. The van der Waals surface area contributed by atoms with E-state index < -0.39 is 10.0 Å². The van der Waals surface area contributed by atoms with Gasteiger partial charge in [0, 0.05) is 13.1 Å². The smallest absolute Gasteiger partial charge is 0.224 e. The number of sulfonamides is 1. The molecule has 1 aliphatic heterocycles. The van der Waals surface area contributed by atoms with Gasteiger partial charge >= 0.3 is 0 Å². The second kappa shape index (κ2) is 7.24. The predicted molar refractivity (Wildman–Crippen MR) is 86.8 cm³/mol. The summed E-state index contributed by atoms with van der Waals surface area (Å²) in [5, 5.41) is 3.00. The van der Waals surface area contributed by atoms with Crippen molar-refractivity contribution in [2.24, 2.45) is 5.92 Å². The SMILES string of the molecule is CCS(=O)(=O)N1CCC[C@@H](C(=O)N[C@@H](C)c2ccccc2)C1. The summed E-state index contributed by atoms with van der Waals surface area (Å²) < 4.78 is 25.4. The normalized spacial score (nSPS) is 21.3. The summed E-state index contributed by atoms with van der Waals surface area (Å²) in [6.07, 6.45) is 1.47. The molecule has 1 saturated heterocycles. The van der Waals surface area contributed by atoms with E-state index >= 15 is 0 Å². The highest BCUT2D eigenvalue weighted by Crippen LogP contribution is 2.21. The van der Waals surface area contributed by atoms with Gasteiger partial charge in [-0.05, 0) is 32.3 Å². The van der Waals surface area contributed by atoms with E-state index in [2.05, 4.69) is 5.32 Å². The van der Waals surface area contributed by atoms with Gasteiger partial charge < -0.3 is 5.32 Å². The Balaban J connectivity index is 1.98. The molecule has 1 N–H and O–H groups in total. The van der Waals surface area contributed by atoms with Crippen LogP contribution in [-0.4, -0.2) is 37.5 Å². The molecule has 1 fully saturated rings. The van der Waals surface area contributed by atoms with Gasteiger partial charge in [-0.3, -0.25) is 4.79 Å². The number of hydrogen-bond donors (Lipinski definition) is 1. The van der Waals surface area contributed by atoms with E-state index in [-0.39, 0.29) is 23.6 Å². The first-order valence-electron chi connectivity index (χ1n) is 7.77. The molecular weight excluding hydrogens is 300 g/mol. The summed E-state index contributed by atoms with van der Waals surface area (Å²) in [4.78, 5) is 12.4. The van der Waals surface area contributed by atoms with Gasteiger partial charge in [0.1, 0.15) is 0 Å². The van der Waals surface area contributed by atoms with Crippen LogP contribution in [0.2, 0.25) is 0 Å². The van der Waals surface area contributed by atoms with Crippen molar-refractivity contribution in [2.75, 3.05) is 18.8 Å². The number of nitrogens with zero attached hydrogens (tertiary/aromatic N) is 1. The Bertz CT molecular complexity index is 601. The van der Waals surface area contributed by atoms with Crippen LogP contribution in [0.15, 0.2) is 30.3 Å². The third-order valence-corrected chi connectivity index (χ3v) is 6.02. The second-order valence-electron chi connectivity index (χ2n) is 5.74. The van der Waals surface area contributed by atoms with Gasteiger partial charge in [0.05, 0.1) is 17.7 Å². The summed E-state index contributed by atoms with van der Waals surface area (Å²) in [5.74, 6) is -0.240. The number of carbonyl (C=O) groups is 1. The molecule has 5 nitrogen and oxygen atoms in total. The van der Waals surface area contributed by atoms with Crippen molar-refractivity contribution >= 4 is 15.9 Å². The molecule has 1 aromatic rings. The van der Waals surface area contributed by atoms with Crippen LogP contribution in [0.1, 0.15) is 38.3 Å². The minimum Gasteiger partial charge on any atom is -0.349 e. The monoisotopic (exact) mass is 324 g/mol. The highest BCUT2D eigenvalue weighted by Gasteiger charge is 2.31. The van der Waals surface area contributed by atoms with Gasteiger partial charge in [-0.25, -0.2) is 12.7 Å². The number of amides is 1. The third-order valence-electron chi connectivity index (χ3n) is 4.17. The summed E-state index contributed by atoms with van der Waals surface area (Å²) in [6.45, 7) is 4.39. The van der Waals surface area contributed by atoms with Crippen LogP contribution in [0.3, 0.4) is 0 Å². The van der Waals surface area contributed by atoms with E-state index in [1.165, 1.54) is 4.31 Å². The van der Waals surface area contributed by atoms with Gasteiger partial charge in [0.15, 0.2) is 0 Å². The van der Waals surface area contributed by atoms with Crippen LogP contribution < -0.4 is 5.32 Å². The Labute approximate surface area is 132 Å². The van der Waals surface area contributed by atoms with Gasteiger partial charge in [-0.1, -0.05) is 30.3 Å². The van der Waals surface area contributed by atoms with E-state index in [4.69, 9.17) is 0 Å². The van der Waals surface area contributed by atoms with E-state index in [0.717, 1.165) is 18.4 Å². The van der Waals surface area contributed by atoms with Crippen LogP contribution >= 0.6 is 0 Å². The highest BCUT2D eigenvalue weighted by atomic mass is 32.2. The lowest BCUT2D eigenvalue weighted by Crippen LogP contribution is -2.46. The lowest BCUT2D eigenvalue weighted by atomic mass is 9.98. The molecule has 0 spiro atoms. The van der Waals surface area contributed by atoms with Crippen LogP contribution in [-0.2, 0) is 14.8 Å². The van der Waals surface area contributed by atoms with Gasteiger partial charge in [-0.2, -0.15) is 0 Å². The van der Waals surface area contributed by atoms with Gasteiger partial charge in [0.25, 0.3) is 0 Å². The molecule has 0 saturated carbocycles. The first-order valence-corrected chi connectivity index (χ1v) is 9.38. The number of rotatable bonds is 5. The Morgan fingerprint density at radius 3 is 2.68 bits per heavy atom. The van der Waals surface area contributed by atoms with Crippen LogP contribution in [0.25, 0.3) is 0 Å². The van der Waals surface area contributed by atoms with Gasteiger partial charge in [0.2, 0.25) is 15.9 Å². The Kier molecular flexibility index (Phi) is 5.58. The van der Waals surface area contributed by atoms with Crippen molar-refractivity contribution in [1.82, 2.24) is 9.62 Å². The quantitative estimate of drug-likeness (QED) is 0.900. The Hall–Kier alpha value is -1.40. The molecule has 0 aromatic heterocycles. The summed E-state index contributed by atoms with van der Waals surface area (Å²) in [7, 11) is -3.21. The maximum absolute atomic E-state index is 12.4. The van der Waals surface area contributed by atoms with E-state index in [9.17, 15) is 13.2 Å². The molecule has 1 aliphatic rings. The Morgan fingerprint density at radius 1 is 1.36 bits per heavy atom. The van der Waals surface area contributed by atoms with E-state index in [1.54, 1.807) is 6.92 Å². The van der Waals surface area contributed by atoms with Crippen molar-refractivity contribution in [3.05, 3.63) is 35.9 Å². The number of hydrogen-bond acceptors (Lipinski definition) is 3. The fourth-order valence-corrected chi connectivity index (χ4v) is 3.93. The predicted octanol–water partition coefficient (Wildman–Crippen LogP) is 1.93. The average Bonchev–Trinajstić information content (AvgIpc) is 2.55. The molecule has 2 atom stereocenters. The summed E-state index contributed by atoms with van der Waals surface area (Å²) in [6, 6.07) is 9.68. The molecule has 1 amide bonds. The zero-order valence-corrected chi connectivity index (χ0v) is 14.0. The first-order chi connectivity index (χ1) is 10.4. The molecule has 2 rings (SSSR count). The largest absolute Gasteiger partial charge is 0.349 e. The molecule has 0 radical (unpaired) electrons. The number of benzene rings is 1. The third kappa shape index (κ3) is 4.08. The minimum atomic E-state index is -3.21. The maximum Gasteiger partial charge on any atom is 0.224 e. The van der Waals surface area contributed by atoms with Crippen molar-refractivity contribution < 1.29 is 13.2 Å². The zero-order valence-electron chi connectivity index (χ0n) is 13.2. The number of carbonyl (C=O) groups excluding carboxylic acids is 1. The van der Waals surface area contributed by atoms with Crippen LogP contribution in [0.4, 0.5) is 0 Å². The van der Waals surface area contributed by atoms with E-state index in [0.29, 0.717) is 13.1 Å². The van der Waals surface area contributed by atoms with Crippen molar-refractivity contribution in [2.45, 2.75) is 32.7 Å². The standard InChI is InChI=1S/C16H24N2O3S/c1-3-22(20,21)18-11-7-10-15(12-18)16(19)17-13(2)14-8-5-4-6-9-14/h4-6,8-9,13,15H,3,7,10-12H2,1-2H3,(H,17,19)/t13-,15+/m0/s1. The fraction of sp³-hybridized carbons (Fsp3) is 0.562. The Morgan fingerprint density at radius 2 is 2.05 bits per heavy atom. The molecule has 0 aliphatic carbocycles. The van der Waals surface area contributed by atoms with Crippen molar-refractivity contribution in [3.8, 4) is 0 Å². The molecule has 122 valence electrons. The number of nitrogens with one attached hydrogen (secondary N) is 1. The first kappa shape index (κ1) is 17.0. The minimum absolute atomic E-state index is 0.0626. The average molecular weight is 324 g/mol.